The molecule has 29 heavy (non-hydrogen) atoms. The standard InChI is InChI=1S/C21H22N2O4S2/c1-4-27-19-8-6-5-7-17(19)21-22-15(13-28-21)11-20(24)23-18-12-16(29(3,25)26)10-9-14(18)2/h5-10,12-13H,4,11H2,1-3H3,(H,23,24). The molecule has 0 fully saturated rings. The third-order valence-corrected chi connectivity index (χ3v) is 6.26. The van der Waals surface area contributed by atoms with E-state index in [1.54, 1.807) is 6.07 Å². The number of sulfone groups is 1. The highest BCUT2D eigenvalue weighted by Crippen LogP contribution is 2.32. The van der Waals surface area contributed by atoms with Crippen LogP contribution in [0, 0.1) is 6.92 Å². The lowest BCUT2D eigenvalue weighted by Gasteiger charge is -2.09. The normalized spacial score (nSPS) is 11.3. The topological polar surface area (TPSA) is 85.4 Å². The molecule has 0 aliphatic heterocycles. The van der Waals surface area contributed by atoms with Gasteiger partial charge in [-0.3, -0.25) is 4.79 Å². The number of para-hydroxylation sites is 1. The number of aromatic nitrogens is 1. The minimum atomic E-state index is -3.35. The maximum Gasteiger partial charge on any atom is 0.230 e. The van der Waals surface area contributed by atoms with Crippen molar-refractivity contribution in [1.82, 2.24) is 4.98 Å². The molecule has 3 aromatic rings. The van der Waals surface area contributed by atoms with Gasteiger partial charge in [0.1, 0.15) is 10.8 Å². The van der Waals surface area contributed by atoms with Gasteiger partial charge in [-0.15, -0.1) is 11.3 Å². The van der Waals surface area contributed by atoms with Gasteiger partial charge >= 0.3 is 0 Å². The van der Waals surface area contributed by atoms with E-state index in [9.17, 15) is 13.2 Å². The highest BCUT2D eigenvalue weighted by Gasteiger charge is 2.14. The zero-order chi connectivity index (χ0) is 21.0. The predicted octanol–water partition coefficient (Wildman–Crippen LogP) is 4.10. The number of ether oxygens (including phenoxy) is 1. The van der Waals surface area contributed by atoms with Gasteiger partial charge in [-0.25, -0.2) is 13.4 Å². The van der Waals surface area contributed by atoms with Crippen LogP contribution in [0.5, 0.6) is 5.75 Å². The SMILES string of the molecule is CCOc1ccccc1-c1nc(CC(=O)Nc2cc(S(C)(=O)=O)ccc2C)cs1. The third kappa shape index (κ3) is 5.21. The highest BCUT2D eigenvalue weighted by molar-refractivity contribution is 7.90. The smallest absolute Gasteiger partial charge is 0.230 e. The summed E-state index contributed by atoms with van der Waals surface area (Å²) in [6.07, 6.45) is 1.23. The van der Waals surface area contributed by atoms with E-state index >= 15 is 0 Å². The van der Waals surface area contributed by atoms with Crippen LogP contribution in [-0.2, 0) is 21.1 Å². The Morgan fingerprint density at radius 2 is 1.97 bits per heavy atom. The summed E-state index contributed by atoms with van der Waals surface area (Å²) >= 11 is 1.45. The number of nitrogens with one attached hydrogen (secondary N) is 1. The Kier molecular flexibility index (Phi) is 6.34. The fourth-order valence-corrected chi connectivity index (χ4v) is 4.26. The molecule has 6 nitrogen and oxygen atoms in total. The number of nitrogens with zero attached hydrogens (tertiary/aromatic N) is 1. The third-order valence-electron chi connectivity index (χ3n) is 4.22. The van der Waals surface area contributed by atoms with E-state index in [1.165, 1.54) is 23.5 Å². The zero-order valence-electron chi connectivity index (χ0n) is 16.4. The van der Waals surface area contributed by atoms with Crippen molar-refractivity contribution in [3.05, 3.63) is 59.1 Å². The molecule has 1 aromatic heterocycles. The van der Waals surface area contributed by atoms with Gasteiger partial charge in [0.15, 0.2) is 9.84 Å². The highest BCUT2D eigenvalue weighted by atomic mass is 32.2. The van der Waals surface area contributed by atoms with Gasteiger partial charge in [0.2, 0.25) is 5.91 Å². The van der Waals surface area contributed by atoms with Gasteiger partial charge < -0.3 is 10.1 Å². The number of rotatable bonds is 7. The molecule has 1 amide bonds. The van der Waals surface area contributed by atoms with E-state index in [2.05, 4.69) is 10.3 Å². The van der Waals surface area contributed by atoms with Crippen molar-refractivity contribution in [2.45, 2.75) is 25.2 Å². The Labute approximate surface area is 174 Å². The van der Waals surface area contributed by atoms with Crippen molar-refractivity contribution in [2.24, 2.45) is 0 Å². The Bertz CT molecular complexity index is 1140. The molecule has 0 aliphatic rings. The summed E-state index contributed by atoms with van der Waals surface area (Å²) in [6.45, 7) is 4.30. The average molecular weight is 431 g/mol. The van der Waals surface area contributed by atoms with Gasteiger partial charge in [-0.1, -0.05) is 18.2 Å². The molecule has 1 N–H and O–H groups in total. The van der Waals surface area contributed by atoms with Gasteiger partial charge in [-0.2, -0.15) is 0 Å². The Balaban J connectivity index is 1.75. The van der Waals surface area contributed by atoms with Crippen molar-refractivity contribution in [3.8, 4) is 16.3 Å². The lowest BCUT2D eigenvalue weighted by molar-refractivity contribution is -0.115. The predicted molar refractivity (Wildman–Crippen MR) is 115 cm³/mol. The molecule has 0 bridgehead atoms. The molecule has 0 radical (unpaired) electrons. The number of amides is 1. The summed E-state index contributed by atoms with van der Waals surface area (Å²) in [5.74, 6) is 0.502. The van der Waals surface area contributed by atoms with Crippen LogP contribution in [0.4, 0.5) is 5.69 Å². The Morgan fingerprint density at radius 3 is 2.69 bits per heavy atom. The van der Waals surface area contributed by atoms with E-state index in [1.807, 2.05) is 43.5 Å². The lowest BCUT2D eigenvalue weighted by atomic mass is 10.2. The van der Waals surface area contributed by atoms with E-state index in [0.29, 0.717) is 18.0 Å². The number of hydrogen-bond acceptors (Lipinski definition) is 6. The van der Waals surface area contributed by atoms with E-state index in [0.717, 1.165) is 28.1 Å². The number of hydrogen-bond donors (Lipinski definition) is 1. The van der Waals surface area contributed by atoms with Crippen molar-refractivity contribution in [3.63, 3.8) is 0 Å². The quantitative estimate of drug-likeness (QED) is 0.610. The van der Waals surface area contributed by atoms with Crippen LogP contribution >= 0.6 is 11.3 Å². The van der Waals surface area contributed by atoms with Crippen LogP contribution in [0.15, 0.2) is 52.7 Å². The second-order valence-corrected chi connectivity index (χ2v) is 9.42. The monoisotopic (exact) mass is 430 g/mol. The van der Waals surface area contributed by atoms with E-state index in [4.69, 9.17) is 4.74 Å². The summed E-state index contributed by atoms with van der Waals surface area (Å²) < 4.78 is 29.2. The molecule has 0 saturated heterocycles. The Morgan fingerprint density at radius 1 is 1.21 bits per heavy atom. The zero-order valence-corrected chi connectivity index (χ0v) is 18.1. The van der Waals surface area contributed by atoms with E-state index in [-0.39, 0.29) is 17.2 Å². The maximum atomic E-state index is 12.5. The van der Waals surface area contributed by atoms with E-state index < -0.39 is 9.84 Å². The maximum absolute atomic E-state index is 12.5. The largest absolute Gasteiger partial charge is 0.493 e. The molecule has 152 valence electrons. The first-order valence-electron chi connectivity index (χ1n) is 9.05. The molecular formula is C21H22N2O4S2. The van der Waals surface area contributed by atoms with Crippen molar-refractivity contribution < 1.29 is 17.9 Å². The molecule has 8 heteroatoms. The summed E-state index contributed by atoms with van der Waals surface area (Å²) in [6, 6.07) is 12.3. The average Bonchev–Trinajstić information content (AvgIpc) is 3.11. The number of carbonyl (C=O) groups is 1. The molecule has 0 atom stereocenters. The molecule has 0 aliphatic carbocycles. The van der Waals surface area contributed by atoms with Crippen LogP contribution in [0.3, 0.4) is 0 Å². The van der Waals surface area contributed by atoms with Crippen molar-refractivity contribution >= 4 is 32.8 Å². The van der Waals surface area contributed by atoms with Gasteiger partial charge in [-0.05, 0) is 43.7 Å². The molecule has 0 spiro atoms. The fourth-order valence-electron chi connectivity index (χ4n) is 2.76. The number of thiazole rings is 1. The molecule has 1 heterocycles. The van der Waals surface area contributed by atoms with Crippen molar-refractivity contribution in [2.75, 3.05) is 18.2 Å². The van der Waals surface area contributed by atoms with Crippen LogP contribution in [0.2, 0.25) is 0 Å². The molecular weight excluding hydrogens is 408 g/mol. The minimum Gasteiger partial charge on any atom is -0.493 e. The first-order chi connectivity index (χ1) is 13.8. The minimum absolute atomic E-state index is 0.0931. The van der Waals surface area contributed by atoms with Crippen LogP contribution in [0.25, 0.3) is 10.6 Å². The Hall–Kier alpha value is -2.71. The second kappa shape index (κ2) is 8.75. The number of aryl methyl sites for hydroxylation is 1. The molecule has 0 unspecified atom stereocenters. The molecule has 0 saturated carbocycles. The van der Waals surface area contributed by atoms with Gasteiger partial charge in [0.25, 0.3) is 0 Å². The summed E-state index contributed by atoms with van der Waals surface area (Å²) in [5.41, 5.74) is 2.80. The lowest BCUT2D eigenvalue weighted by Crippen LogP contribution is -2.15. The van der Waals surface area contributed by atoms with Crippen LogP contribution < -0.4 is 10.1 Å². The van der Waals surface area contributed by atoms with Crippen molar-refractivity contribution in [1.29, 1.82) is 0 Å². The number of anilines is 1. The molecule has 2 aromatic carbocycles. The number of benzene rings is 2. The summed E-state index contributed by atoms with van der Waals surface area (Å²) in [5, 5.41) is 5.42. The van der Waals surface area contributed by atoms with Crippen LogP contribution in [0.1, 0.15) is 18.2 Å². The van der Waals surface area contributed by atoms with Gasteiger partial charge in [0, 0.05) is 17.3 Å². The van der Waals surface area contributed by atoms with Gasteiger partial charge in [0.05, 0.1) is 29.2 Å². The summed E-state index contributed by atoms with van der Waals surface area (Å²) in [7, 11) is -3.35. The first kappa shape index (κ1) is 21.0. The summed E-state index contributed by atoms with van der Waals surface area (Å²) in [4.78, 5) is 17.2. The fraction of sp³-hybridized carbons (Fsp3) is 0.238. The first-order valence-corrected chi connectivity index (χ1v) is 11.8. The molecule has 3 rings (SSSR count). The second-order valence-electron chi connectivity index (χ2n) is 6.55. The number of carbonyl (C=O) groups excluding carboxylic acids is 1. The van der Waals surface area contributed by atoms with Crippen LogP contribution in [-0.4, -0.2) is 32.2 Å².